The highest BCUT2D eigenvalue weighted by molar-refractivity contribution is 5.81. The first-order valence-electron chi connectivity index (χ1n) is 10.8. The molecule has 0 radical (unpaired) electrons. The van der Waals surface area contributed by atoms with Gasteiger partial charge in [-0.05, 0) is 49.9 Å². The topological polar surface area (TPSA) is 83.6 Å². The summed E-state index contributed by atoms with van der Waals surface area (Å²) in [6.07, 6.45) is 2.75. The van der Waals surface area contributed by atoms with Crippen LogP contribution in [0.3, 0.4) is 0 Å². The minimum absolute atomic E-state index is 0.380. The van der Waals surface area contributed by atoms with Crippen molar-refractivity contribution in [3.8, 4) is 0 Å². The van der Waals surface area contributed by atoms with Gasteiger partial charge in [-0.25, -0.2) is 9.97 Å². The number of benzene rings is 1. The molecule has 1 aromatic carbocycles. The molecule has 0 bridgehead atoms. The summed E-state index contributed by atoms with van der Waals surface area (Å²) >= 11 is 0. The van der Waals surface area contributed by atoms with E-state index in [0.717, 1.165) is 33.2 Å². The second-order valence-corrected chi connectivity index (χ2v) is 9.17. The maximum absolute atomic E-state index is 11.4. The third-order valence-electron chi connectivity index (χ3n) is 6.61. The molecule has 2 aliphatic heterocycles. The predicted octanol–water partition coefficient (Wildman–Crippen LogP) is 3.38. The van der Waals surface area contributed by atoms with Gasteiger partial charge in [0.2, 0.25) is 0 Å². The summed E-state index contributed by atoms with van der Waals surface area (Å²) in [6.45, 7) is 5.74. The first-order valence-corrected chi connectivity index (χ1v) is 10.8. The van der Waals surface area contributed by atoms with Crippen LogP contribution in [0.2, 0.25) is 0 Å². The lowest BCUT2D eigenvalue weighted by molar-refractivity contribution is -0.207. The molecule has 2 fully saturated rings. The molecule has 3 aromatic heterocycles. The zero-order chi connectivity index (χ0) is 22.2. The summed E-state index contributed by atoms with van der Waals surface area (Å²) in [6, 6.07) is 10.0. The van der Waals surface area contributed by atoms with Crippen LogP contribution in [-0.2, 0) is 21.3 Å². The van der Waals surface area contributed by atoms with Gasteiger partial charge in [0.05, 0.1) is 5.69 Å². The monoisotopic (exact) mass is 434 g/mol. The molecule has 2 saturated heterocycles. The van der Waals surface area contributed by atoms with Gasteiger partial charge in [-0.1, -0.05) is 12.1 Å². The van der Waals surface area contributed by atoms with E-state index in [-0.39, 0.29) is 6.10 Å². The number of fused-ring (bicyclic) bond motifs is 3. The Hall–Kier alpha value is -2.78. The standard InChI is InChI=1S/C24H26N4O4/c1-13-16-8-10-28(22(16)26-12-25-13)23-21-20(31-24(2,3)32-21)19(30-23)18(29)15-6-5-14-7-9-27(4)17(14)11-15/h5-12,18-21,23,29H,1-4H3/t18-,19-,20-,21?,23-/m1/s1. The van der Waals surface area contributed by atoms with Crippen molar-refractivity contribution in [1.29, 1.82) is 0 Å². The largest absolute Gasteiger partial charge is 0.386 e. The van der Waals surface area contributed by atoms with Crippen molar-refractivity contribution < 1.29 is 19.3 Å². The fourth-order valence-electron chi connectivity index (χ4n) is 5.04. The van der Waals surface area contributed by atoms with E-state index in [9.17, 15) is 5.11 Å². The second-order valence-electron chi connectivity index (χ2n) is 9.17. The second kappa shape index (κ2) is 6.86. The molecule has 1 N–H and O–H groups in total. The van der Waals surface area contributed by atoms with Gasteiger partial charge >= 0.3 is 0 Å². The average molecular weight is 434 g/mol. The van der Waals surface area contributed by atoms with Crippen molar-refractivity contribution >= 4 is 21.9 Å². The fourth-order valence-corrected chi connectivity index (χ4v) is 5.04. The number of ether oxygens (including phenoxy) is 3. The number of aliphatic hydroxyl groups is 1. The molecule has 8 heteroatoms. The Bertz CT molecular complexity index is 1330. The summed E-state index contributed by atoms with van der Waals surface area (Å²) in [5, 5.41) is 13.5. The van der Waals surface area contributed by atoms with E-state index in [1.54, 1.807) is 6.33 Å². The van der Waals surface area contributed by atoms with Crippen LogP contribution in [-0.4, -0.2) is 48.3 Å². The molecule has 8 nitrogen and oxygen atoms in total. The Morgan fingerprint density at radius 3 is 2.72 bits per heavy atom. The number of aryl methyl sites for hydroxylation is 2. The summed E-state index contributed by atoms with van der Waals surface area (Å²) in [5.74, 6) is -0.773. The molecule has 0 aliphatic carbocycles. The Balaban J connectivity index is 1.40. The zero-order valence-corrected chi connectivity index (χ0v) is 18.5. The summed E-state index contributed by atoms with van der Waals surface area (Å²) in [4.78, 5) is 8.76. The van der Waals surface area contributed by atoms with Crippen LogP contribution < -0.4 is 0 Å². The van der Waals surface area contributed by atoms with Gasteiger partial charge in [-0.3, -0.25) is 0 Å². The number of nitrogens with zero attached hydrogens (tertiary/aromatic N) is 4. The van der Waals surface area contributed by atoms with Gasteiger partial charge in [0, 0.05) is 30.3 Å². The number of aromatic nitrogens is 4. The number of hydrogen-bond donors (Lipinski definition) is 1. The van der Waals surface area contributed by atoms with Gasteiger partial charge in [-0.2, -0.15) is 0 Å². The Kier molecular flexibility index (Phi) is 4.26. The van der Waals surface area contributed by atoms with Crippen molar-refractivity contribution in [3.05, 3.63) is 60.3 Å². The predicted molar refractivity (Wildman–Crippen MR) is 118 cm³/mol. The first kappa shape index (κ1) is 19.9. The van der Waals surface area contributed by atoms with E-state index in [0.29, 0.717) is 0 Å². The van der Waals surface area contributed by atoms with E-state index in [4.69, 9.17) is 14.2 Å². The van der Waals surface area contributed by atoms with Gasteiger partial charge < -0.3 is 28.5 Å². The molecular formula is C24H26N4O4. The minimum Gasteiger partial charge on any atom is -0.386 e. The van der Waals surface area contributed by atoms with Crippen LogP contribution in [0.5, 0.6) is 0 Å². The van der Waals surface area contributed by atoms with E-state index in [1.807, 2.05) is 73.6 Å². The molecule has 32 heavy (non-hydrogen) atoms. The van der Waals surface area contributed by atoms with Crippen LogP contribution >= 0.6 is 0 Å². The average Bonchev–Trinajstić information content (AvgIpc) is 3.50. The zero-order valence-electron chi connectivity index (χ0n) is 18.5. The van der Waals surface area contributed by atoms with Gasteiger partial charge in [0.25, 0.3) is 0 Å². The maximum Gasteiger partial charge on any atom is 0.164 e. The quantitative estimate of drug-likeness (QED) is 0.532. The summed E-state index contributed by atoms with van der Waals surface area (Å²) in [5.41, 5.74) is 3.52. The van der Waals surface area contributed by atoms with Gasteiger partial charge in [-0.15, -0.1) is 0 Å². The molecule has 0 amide bonds. The molecule has 166 valence electrons. The lowest BCUT2D eigenvalue weighted by Gasteiger charge is -2.27. The Morgan fingerprint density at radius 1 is 1.06 bits per heavy atom. The molecule has 2 aliphatic rings. The van der Waals surface area contributed by atoms with Crippen molar-refractivity contribution in [1.82, 2.24) is 19.1 Å². The molecule has 5 heterocycles. The Labute approximate surface area is 185 Å². The van der Waals surface area contributed by atoms with E-state index < -0.39 is 30.3 Å². The molecule has 4 aromatic rings. The molecule has 1 unspecified atom stereocenters. The highest BCUT2D eigenvalue weighted by Gasteiger charge is 2.58. The minimum atomic E-state index is -0.873. The van der Waals surface area contributed by atoms with E-state index in [2.05, 4.69) is 16.0 Å². The lowest BCUT2D eigenvalue weighted by Crippen LogP contribution is -2.34. The SMILES string of the molecule is Cc1ncnc2c1ccn2[C@@H]1O[C@H]([C@H](O)c2ccc3ccn(C)c3c2)[C@H]2OC(C)(C)OC12. The fraction of sp³-hybridized carbons (Fsp3) is 0.417. The van der Waals surface area contributed by atoms with E-state index >= 15 is 0 Å². The van der Waals surface area contributed by atoms with Gasteiger partial charge in [0.15, 0.2) is 12.0 Å². The van der Waals surface area contributed by atoms with Crippen molar-refractivity contribution in [2.24, 2.45) is 7.05 Å². The molecule has 6 rings (SSSR count). The number of rotatable bonds is 3. The molecule has 0 saturated carbocycles. The third kappa shape index (κ3) is 2.91. The highest BCUT2D eigenvalue weighted by atomic mass is 16.8. The number of aliphatic hydroxyl groups excluding tert-OH is 1. The Morgan fingerprint density at radius 2 is 1.88 bits per heavy atom. The van der Waals surface area contributed by atoms with Crippen LogP contribution in [0.15, 0.2) is 49.1 Å². The van der Waals surface area contributed by atoms with Crippen molar-refractivity contribution in [2.45, 2.75) is 57.2 Å². The van der Waals surface area contributed by atoms with Gasteiger partial charge in [0.1, 0.15) is 36.4 Å². The lowest BCUT2D eigenvalue weighted by atomic mass is 9.98. The maximum atomic E-state index is 11.4. The van der Waals surface area contributed by atoms with Crippen LogP contribution in [0, 0.1) is 6.92 Å². The normalized spacial score (nSPS) is 27.9. The van der Waals surface area contributed by atoms with Crippen LogP contribution in [0.1, 0.15) is 37.4 Å². The molecule has 5 atom stereocenters. The highest BCUT2D eigenvalue weighted by Crippen LogP contribution is 2.47. The molecule has 0 spiro atoms. The van der Waals surface area contributed by atoms with Crippen molar-refractivity contribution in [2.75, 3.05) is 0 Å². The van der Waals surface area contributed by atoms with Crippen LogP contribution in [0.25, 0.3) is 21.9 Å². The third-order valence-corrected chi connectivity index (χ3v) is 6.61. The number of hydrogen-bond acceptors (Lipinski definition) is 6. The first-order chi connectivity index (χ1) is 15.3. The van der Waals surface area contributed by atoms with E-state index in [1.165, 1.54) is 0 Å². The van der Waals surface area contributed by atoms with Crippen LogP contribution in [0.4, 0.5) is 0 Å². The smallest absolute Gasteiger partial charge is 0.164 e. The van der Waals surface area contributed by atoms with Crippen molar-refractivity contribution in [3.63, 3.8) is 0 Å². The molecular weight excluding hydrogens is 408 g/mol. The summed E-state index contributed by atoms with van der Waals surface area (Å²) in [7, 11) is 1.99. The summed E-state index contributed by atoms with van der Waals surface area (Å²) < 4.78 is 22.9.